The summed E-state index contributed by atoms with van der Waals surface area (Å²) < 4.78 is 28.8. The highest BCUT2D eigenvalue weighted by Gasteiger charge is 2.17. The molecule has 0 atom stereocenters. The third kappa shape index (κ3) is 4.74. The topological polar surface area (TPSA) is 46.4 Å². The smallest absolute Gasteiger partial charge is 0.225 e. The zero-order valence-electron chi connectivity index (χ0n) is 16.0. The van der Waals surface area contributed by atoms with Crippen molar-refractivity contribution in [3.63, 3.8) is 0 Å². The number of carbonyl (C=O) groups is 1. The van der Waals surface area contributed by atoms with Crippen LogP contribution >= 0.6 is 0 Å². The molecule has 2 aromatic heterocycles. The number of nitrogens with one attached hydrogen (secondary N) is 1. The number of pyridine rings is 1. The predicted molar refractivity (Wildman–Crippen MR) is 107 cm³/mol. The van der Waals surface area contributed by atoms with Gasteiger partial charge in [0.2, 0.25) is 5.91 Å². The Balaban J connectivity index is 1.77. The maximum absolute atomic E-state index is 13.7. The molecule has 0 saturated heterocycles. The van der Waals surface area contributed by atoms with Crippen LogP contribution < -0.4 is 5.32 Å². The van der Waals surface area contributed by atoms with Crippen LogP contribution in [0.1, 0.15) is 51.9 Å². The van der Waals surface area contributed by atoms with E-state index in [1.807, 2.05) is 12.1 Å². The molecule has 0 aliphatic carbocycles. The molecule has 4 nitrogen and oxygen atoms in total. The number of nitrogens with zero attached hydrogens (tertiary/aromatic N) is 2. The zero-order chi connectivity index (χ0) is 19.9. The van der Waals surface area contributed by atoms with Crippen molar-refractivity contribution < 1.29 is 13.6 Å². The number of hydrogen-bond acceptors (Lipinski definition) is 2. The molecule has 148 valence electrons. The van der Waals surface area contributed by atoms with Gasteiger partial charge in [0.1, 0.15) is 17.2 Å². The lowest BCUT2D eigenvalue weighted by Gasteiger charge is -2.08. The van der Waals surface area contributed by atoms with Crippen molar-refractivity contribution in [2.24, 2.45) is 0 Å². The molecule has 2 heterocycles. The van der Waals surface area contributed by atoms with Gasteiger partial charge in [0.05, 0.1) is 0 Å². The lowest BCUT2D eigenvalue weighted by molar-refractivity contribution is -0.116. The fourth-order valence-corrected chi connectivity index (χ4v) is 3.22. The number of halogens is 2. The van der Waals surface area contributed by atoms with E-state index in [2.05, 4.69) is 17.2 Å². The minimum atomic E-state index is -0.945. The first-order valence-electron chi connectivity index (χ1n) is 9.82. The molecule has 3 aromatic rings. The fraction of sp³-hybridized carbons (Fsp3) is 0.364. The summed E-state index contributed by atoms with van der Waals surface area (Å²) >= 11 is 0. The van der Waals surface area contributed by atoms with Crippen molar-refractivity contribution >= 4 is 17.4 Å². The summed E-state index contributed by atoms with van der Waals surface area (Å²) in [6, 6.07) is 9.08. The zero-order valence-corrected chi connectivity index (χ0v) is 16.0. The Bertz CT molecular complexity index is 952. The number of unbranched alkanes of at least 4 members (excludes halogenated alkanes) is 5. The van der Waals surface area contributed by atoms with E-state index in [4.69, 9.17) is 0 Å². The van der Waals surface area contributed by atoms with Gasteiger partial charge in [-0.1, -0.05) is 45.1 Å². The molecule has 0 fully saturated rings. The molecule has 0 radical (unpaired) electrons. The standard InChI is InChI=1S/C22H25F2N3O/c1-2-3-4-5-6-7-11-20(28)26-22-21(16-12-13-17(23)18(24)15-16)25-19-10-8-9-14-27(19)22/h8-10,12-15H,2-7,11H2,1H3,(H,26,28). The average molecular weight is 385 g/mol. The fourth-order valence-electron chi connectivity index (χ4n) is 3.22. The Kier molecular flexibility index (Phi) is 6.74. The van der Waals surface area contributed by atoms with E-state index in [0.717, 1.165) is 31.4 Å². The van der Waals surface area contributed by atoms with Crippen LogP contribution in [0.5, 0.6) is 0 Å². The molecule has 28 heavy (non-hydrogen) atoms. The van der Waals surface area contributed by atoms with E-state index in [1.54, 1.807) is 16.7 Å². The Morgan fingerprint density at radius 2 is 1.82 bits per heavy atom. The Morgan fingerprint density at radius 3 is 2.61 bits per heavy atom. The van der Waals surface area contributed by atoms with E-state index in [0.29, 0.717) is 29.1 Å². The predicted octanol–water partition coefficient (Wildman–Crippen LogP) is 5.97. The summed E-state index contributed by atoms with van der Waals surface area (Å²) in [4.78, 5) is 17.0. The minimum Gasteiger partial charge on any atom is -0.310 e. The van der Waals surface area contributed by atoms with Crippen LogP contribution in [0.4, 0.5) is 14.6 Å². The normalized spacial score (nSPS) is 11.1. The van der Waals surface area contributed by atoms with Crippen molar-refractivity contribution in [3.8, 4) is 11.3 Å². The average Bonchev–Trinajstić information content (AvgIpc) is 3.05. The number of amides is 1. The van der Waals surface area contributed by atoms with E-state index in [9.17, 15) is 13.6 Å². The molecule has 0 aliphatic rings. The molecule has 0 saturated carbocycles. The quantitative estimate of drug-likeness (QED) is 0.461. The second-order valence-corrected chi connectivity index (χ2v) is 6.93. The number of aromatic nitrogens is 2. The maximum Gasteiger partial charge on any atom is 0.225 e. The maximum atomic E-state index is 13.7. The minimum absolute atomic E-state index is 0.107. The SMILES string of the molecule is CCCCCCCCC(=O)Nc1c(-c2ccc(F)c(F)c2)nc2ccccn12. The number of fused-ring (bicyclic) bond motifs is 1. The van der Waals surface area contributed by atoms with Gasteiger partial charge in [-0.05, 0) is 36.8 Å². The first-order valence-corrected chi connectivity index (χ1v) is 9.82. The number of imidazole rings is 1. The van der Waals surface area contributed by atoms with Gasteiger partial charge in [0.25, 0.3) is 0 Å². The van der Waals surface area contributed by atoms with Crippen molar-refractivity contribution in [2.45, 2.75) is 51.9 Å². The lowest BCUT2D eigenvalue weighted by atomic mass is 10.1. The summed E-state index contributed by atoms with van der Waals surface area (Å²) in [6.07, 6.45) is 8.81. The van der Waals surface area contributed by atoms with Gasteiger partial charge in [-0.2, -0.15) is 0 Å². The number of carbonyl (C=O) groups excluding carboxylic acids is 1. The molecular weight excluding hydrogens is 360 g/mol. The molecule has 3 rings (SSSR count). The van der Waals surface area contributed by atoms with Crippen molar-refractivity contribution in [1.29, 1.82) is 0 Å². The molecule has 0 spiro atoms. The van der Waals surface area contributed by atoms with Gasteiger partial charge in [-0.15, -0.1) is 0 Å². The lowest BCUT2D eigenvalue weighted by Crippen LogP contribution is -2.13. The molecule has 0 unspecified atom stereocenters. The highest BCUT2D eigenvalue weighted by molar-refractivity contribution is 5.94. The number of benzene rings is 1. The summed E-state index contributed by atoms with van der Waals surface area (Å²) in [5.74, 6) is -1.50. The van der Waals surface area contributed by atoms with E-state index < -0.39 is 11.6 Å². The van der Waals surface area contributed by atoms with Crippen LogP contribution in [0.15, 0.2) is 42.6 Å². The molecule has 1 amide bonds. The number of anilines is 1. The number of rotatable bonds is 9. The summed E-state index contributed by atoms with van der Waals surface area (Å²) in [7, 11) is 0. The van der Waals surface area contributed by atoms with Crippen LogP contribution in [0.2, 0.25) is 0 Å². The molecule has 1 N–H and O–H groups in total. The van der Waals surface area contributed by atoms with Crippen molar-refractivity contribution in [2.75, 3.05) is 5.32 Å². The van der Waals surface area contributed by atoms with Crippen LogP contribution in [-0.2, 0) is 4.79 Å². The van der Waals surface area contributed by atoms with Gasteiger partial charge >= 0.3 is 0 Å². The monoisotopic (exact) mass is 385 g/mol. The van der Waals surface area contributed by atoms with Gasteiger partial charge in [-0.3, -0.25) is 9.20 Å². The summed E-state index contributed by atoms with van der Waals surface area (Å²) in [5.41, 5.74) is 1.45. The number of hydrogen-bond donors (Lipinski definition) is 1. The van der Waals surface area contributed by atoms with E-state index >= 15 is 0 Å². The van der Waals surface area contributed by atoms with Crippen molar-refractivity contribution in [3.05, 3.63) is 54.2 Å². The largest absolute Gasteiger partial charge is 0.310 e. The Hall–Kier alpha value is -2.76. The summed E-state index contributed by atoms with van der Waals surface area (Å²) in [6.45, 7) is 2.17. The van der Waals surface area contributed by atoms with Crippen LogP contribution in [0, 0.1) is 11.6 Å². The van der Waals surface area contributed by atoms with Gasteiger partial charge in [0.15, 0.2) is 11.6 Å². The third-order valence-electron chi connectivity index (χ3n) is 4.74. The van der Waals surface area contributed by atoms with Crippen LogP contribution in [0.3, 0.4) is 0 Å². The third-order valence-corrected chi connectivity index (χ3v) is 4.74. The highest BCUT2D eigenvalue weighted by atomic mass is 19.2. The highest BCUT2D eigenvalue weighted by Crippen LogP contribution is 2.30. The molecule has 0 aliphatic heterocycles. The Labute approximate surface area is 163 Å². The van der Waals surface area contributed by atoms with Gasteiger partial charge in [-0.25, -0.2) is 13.8 Å². The first kappa shape index (κ1) is 20.0. The molecule has 0 bridgehead atoms. The van der Waals surface area contributed by atoms with Crippen LogP contribution in [0.25, 0.3) is 16.9 Å². The van der Waals surface area contributed by atoms with E-state index in [-0.39, 0.29) is 5.91 Å². The van der Waals surface area contributed by atoms with Gasteiger partial charge in [0, 0.05) is 18.2 Å². The molecule has 1 aromatic carbocycles. The Morgan fingerprint density at radius 1 is 1.04 bits per heavy atom. The summed E-state index contributed by atoms with van der Waals surface area (Å²) in [5, 5.41) is 2.91. The first-order chi connectivity index (χ1) is 13.6. The van der Waals surface area contributed by atoms with E-state index in [1.165, 1.54) is 25.3 Å². The van der Waals surface area contributed by atoms with Gasteiger partial charge < -0.3 is 5.32 Å². The second kappa shape index (κ2) is 9.44. The van der Waals surface area contributed by atoms with Crippen LogP contribution in [-0.4, -0.2) is 15.3 Å². The molecule has 6 heteroatoms. The molecular formula is C22H25F2N3O. The second-order valence-electron chi connectivity index (χ2n) is 6.93. The van der Waals surface area contributed by atoms with Crippen molar-refractivity contribution in [1.82, 2.24) is 9.38 Å².